The first-order chi connectivity index (χ1) is 8.25. The van der Waals surface area contributed by atoms with Crippen LogP contribution >= 0.6 is 0 Å². The van der Waals surface area contributed by atoms with E-state index < -0.39 is 0 Å². The molecule has 2 rings (SSSR count). The van der Waals surface area contributed by atoms with Gasteiger partial charge in [-0.2, -0.15) is 0 Å². The predicted octanol–water partition coefficient (Wildman–Crippen LogP) is 0.938. The number of hydrogen-bond acceptors (Lipinski definition) is 3. The molecular formula is C13H24N2O2. The van der Waals surface area contributed by atoms with Gasteiger partial charge in [-0.3, -0.25) is 4.79 Å². The van der Waals surface area contributed by atoms with Gasteiger partial charge in [0.2, 0.25) is 5.91 Å². The SMILES string of the molecule is O=C(CCC1CCCN1)N[C@H]1CCCC[C@@H]1O. The summed E-state index contributed by atoms with van der Waals surface area (Å²) in [6.45, 7) is 1.09. The summed E-state index contributed by atoms with van der Waals surface area (Å²) >= 11 is 0. The minimum atomic E-state index is -0.336. The van der Waals surface area contributed by atoms with Gasteiger partial charge in [-0.15, -0.1) is 0 Å². The molecule has 0 aromatic carbocycles. The summed E-state index contributed by atoms with van der Waals surface area (Å²) in [6.07, 6.45) is 7.55. The van der Waals surface area contributed by atoms with E-state index in [2.05, 4.69) is 10.6 Å². The Morgan fingerprint density at radius 2 is 2.06 bits per heavy atom. The standard InChI is InChI=1S/C13H24N2O2/c16-12-6-2-1-5-11(12)15-13(17)8-7-10-4-3-9-14-10/h10-12,14,16H,1-9H2,(H,15,17)/t10?,11-,12-/m0/s1. The first kappa shape index (κ1) is 12.8. The van der Waals surface area contributed by atoms with Gasteiger partial charge in [-0.05, 0) is 38.6 Å². The number of aliphatic hydroxyl groups is 1. The van der Waals surface area contributed by atoms with E-state index >= 15 is 0 Å². The molecule has 2 aliphatic rings. The molecule has 1 unspecified atom stereocenters. The van der Waals surface area contributed by atoms with Gasteiger partial charge in [-0.1, -0.05) is 12.8 Å². The lowest BCUT2D eigenvalue weighted by molar-refractivity contribution is -0.123. The molecule has 0 aromatic rings. The van der Waals surface area contributed by atoms with Crippen molar-refractivity contribution in [2.75, 3.05) is 6.54 Å². The lowest BCUT2D eigenvalue weighted by atomic mass is 9.92. The molecule has 1 saturated carbocycles. The van der Waals surface area contributed by atoms with Crippen molar-refractivity contribution in [1.29, 1.82) is 0 Å². The molecule has 17 heavy (non-hydrogen) atoms. The van der Waals surface area contributed by atoms with Crippen LogP contribution in [-0.2, 0) is 4.79 Å². The number of carbonyl (C=O) groups is 1. The largest absolute Gasteiger partial charge is 0.391 e. The monoisotopic (exact) mass is 240 g/mol. The van der Waals surface area contributed by atoms with Crippen molar-refractivity contribution in [2.45, 2.75) is 69.6 Å². The van der Waals surface area contributed by atoms with Crippen LogP contribution in [0.15, 0.2) is 0 Å². The quantitative estimate of drug-likeness (QED) is 0.685. The second-order valence-electron chi connectivity index (χ2n) is 5.36. The average molecular weight is 240 g/mol. The lowest BCUT2D eigenvalue weighted by Crippen LogP contribution is -2.45. The van der Waals surface area contributed by atoms with Crippen molar-refractivity contribution in [3.63, 3.8) is 0 Å². The molecule has 1 aliphatic heterocycles. The fourth-order valence-electron chi connectivity index (χ4n) is 2.87. The third-order valence-electron chi connectivity index (χ3n) is 3.96. The van der Waals surface area contributed by atoms with Crippen molar-refractivity contribution in [1.82, 2.24) is 10.6 Å². The Morgan fingerprint density at radius 3 is 2.76 bits per heavy atom. The van der Waals surface area contributed by atoms with Gasteiger partial charge in [0.05, 0.1) is 12.1 Å². The van der Waals surface area contributed by atoms with E-state index in [0.717, 1.165) is 38.6 Å². The van der Waals surface area contributed by atoms with Crippen molar-refractivity contribution in [3.05, 3.63) is 0 Å². The van der Waals surface area contributed by atoms with Crippen LogP contribution in [0.5, 0.6) is 0 Å². The molecule has 1 heterocycles. The van der Waals surface area contributed by atoms with Crippen LogP contribution in [0.2, 0.25) is 0 Å². The normalized spacial score (nSPS) is 33.6. The number of nitrogens with one attached hydrogen (secondary N) is 2. The highest BCUT2D eigenvalue weighted by Crippen LogP contribution is 2.18. The van der Waals surface area contributed by atoms with E-state index in [-0.39, 0.29) is 18.1 Å². The fourth-order valence-corrected chi connectivity index (χ4v) is 2.87. The Kier molecular flexibility index (Phi) is 4.80. The minimum Gasteiger partial charge on any atom is -0.391 e. The topological polar surface area (TPSA) is 61.4 Å². The second-order valence-corrected chi connectivity index (χ2v) is 5.36. The highest BCUT2D eigenvalue weighted by molar-refractivity contribution is 5.76. The van der Waals surface area contributed by atoms with Crippen LogP contribution in [0.3, 0.4) is 0 Å². The van der Waals surface area contributed by atoms with E-state index in [1.807, 2.05) is 0 Å². The van der Waals surface area contributed by atoms with Gasteiger partial charge >= 0.3 is 0 Å². The van der Waals surface area contributed by atoms with E-state index in [0.29, 0.717) is 12.5 Å². The van der Waals surface area contributed by atoms with Crippen LogP contribution in [0.1, 0.15) is 51.4 Å². The first-order valence-corrected chi connectivity index (χ1v) is 6.96. The Labute approximate surface area is 103 Å². The molecule has 1 amide bonds. The average Bonchev–Trinajstić information content (AvgIpc) is 2.82. The summed E-state index contributed by atoms with van der Waals surface area (Å²) in [4.78, 5) is 11.8. The summed E-state index contributed by atoms with van der Waals surface area (Å²) in [7, 11) is 0. The van der Waals surface area contributed by atoms with Gasteiger partial charge < -0.3 is 15.7 Å². The highest BCUT2D eigenvalue weighted by Gasteiger charge is 2.24. The maximum absolute atomic E-state index is 11.8. The molecule has 0 spiro atoms. The van der Waals surface area contributed by atoms with Crippen LogP contribution in [0, 0.1) is 0 Å². The Morgan fingerprint density at radius 1 is 1.24 bits per heavy atom. The molecule has 4 nitrogen and oxygen atoms in total. The van der Waals surface area contributed by atoms with Gasteiger partial charge in [0.15, 0.2) is 0 Å². The summed E-state index contributed by atoms with van der Waals surface area (Å²) < 4.78 is 0. The van der Waals surface area contributed by atoms with Gasteiger partial charge in [-0.25, -0.2) is 0 Å². The van der Waals surface area contributed by atoms with Gasteiger partial charge in [0, 0.05) is 12.5 Å². The smallest absolute Gasteiger partial charge is 0.220 e. The lowest BCUT2D eigenvalue weighted by Gasteiger charge is -2.28. The van der Waals surface area contributed by atoms with E-state index in [1.165, 1.54) is 12.8 Å². The summed E-state index contributed by atoms with van der Waals surface area (Å²) in [5.41, 5.74) is 0. The van der Waals surface area contributed by atoms with Crippen LogP contribution in [0.25, 0.3) is 0 Å². The summed E-state index contributed by atoms with van der Waals surface area (Å²) in [5, 5.41) is 16.1. The number of aliphatic hydroxyl groups excluding tert-OH is 1. The fraction of sp³-hybridized carbons (Fsp3) is 0.923. The second kappa shape index (κ2) is 6.36. The molecule has 0 aromatic heterocycles. The predicted molar refractivity (Wildman–Crippen MR) is 66.7 cm³/mol. The molecule has 98 valence electrons. The molecule has 3 N–H and O–H groups in total. The third-order valence-corrected chi connectivity index (χ3v) is 3.96. The van der Waals surface area contributed by atoms with Crippen molar-refractivity contribution < 1.29 is 9.90 Å². The van der Waals surface area contributed by atoms with Crippen molar-refractivity contribution >= 4 is 5.91 Å². The van der Waals surface area contributed by atoms with Crippen molar-refractivity contribution in [2.24, 2.45) is 0 Å². The molecule has 0 bridgehead atoms. The van der Waals surface area contributed by atoms with E-state index in [4.69, 9.17) is 0 Å². The van der Waals surface area contributed by atoms with Gasteiger partial charge in [0.25, 0.3) is 0 Å². The summed E-state index contributed by atoms with van der Waals surface area (Å²) in [5.74, 6) is 0.102. The van der Waals surface area contributed by atoms with Crippen LogP contribution < -0.4 is 10.6 Å². The van der Waals surface area contributed by atoms with Crippen LogP contribution in [0.4, 0.5) is 0 Å². The highest BCUT2D eigenvalue weighted by atomic mass is 16.3. The number of amides is 1. The molecule has 2 fully saturated rings. The van der Waals surface area contributed by atoms with Crippen LogP contribution in [-0.4, -0.2) is 35.7 Å². The maximum Gasteiger partial charge on any atom is 0.220 e. The molecular weight excluding hydrogens is 216 g/mol. The van der Waals surface area contributed by atoms with E-state index in [9.17, 15) is 9.90 Å². The Balaban J connectivity index is 1.65. The summed E-state index contributed by atoms with van der Waals surface area (Å²) in [6, 6.07) is 0.518. The Hall–Kier alpha value is -0.610. The maximum atomic E-state index is 11.8. The van der Waals surface area contributed by atoms with E-state index in [1.54, 1.807) is 0 Å². The third kappa shape index (κ3) is 3.96. The number of hydrogen-bond donors (Lipinski definition) is 3. The van der Waals surface area contributed by atoms with Gasteiger partial charge in [0.1, 0.15) is 0 Å². The molecule has 3 atom stereocenters. The first-order valence-electron chi connectivity index (χ1n) is 6.96. The zero-order valence-corrected chi connectivity index (χ0v) is 10.5. The minimum absolute atomic E-state index is 0.00668. The zero-order chi connectivity index (χ0) is 12.1. The van der Waals surface area contributed by atoms with Crippen molar-refractivity contribution in [3.8, 4) is 0 Å². The number of carbonyl (C=O) groups excluding carboxylic acids is 1. The molecule has 0 radical (unpaired) electrons. The molecule has 4 heteroatoms. The molecule has 1 saturated heterocycles. The molecule has 1 aliphatic carbocycles. The number of rotatable bonds is 4. The Bertz CT molecular complexity index is 252. The zero-order valence-electron chi connectivity index (χ0n) is 10.5.